The van der Waals surface area contributed by atoms with Gasteiger partial charge in [0.2, 0.25) is 0 Å². The Morgan fingerprint density at radius 3 is 1.09 bits per heavy atom. The number of halogens is 5. The molecule has 0 bridgehead atoms. The van der Waals surface area contributed by atoms with Crippen molar-refractivity contribution in [3.63, 3.8) is 0 Å². The second kappa shape index (κ2) is 2.54. The fourth-order valence-corrected chi connectivity index (χ4v) is 1.14. The van der Waals surface area contributed by atoms with Gasteiger partial charge in [0, 0.05) is 0 Å². The van der Waals surface area contributed by atoms with E-state index >= 15 is 0 Å². The molecule has 0 saturated carbocycles. The molecule has 0 amide bonds. The second-order valence-electron chi connectivity index (χ2n) is 3.05. The van der Waals surface area contributed by atoms with Gasteiger partial charge in [0.15, 0.2) is 0 Å². The molecule has 0 aromatic heterocycles. The van der Waals surface area contributed by atoms with Crippen molar-refractivity contribution in [2.24, 2.45) is 0 Å². The van der Waals surface area contributed by atoms with Crippen LogP contribution in [0, 0.1) is 0 Å². The van der Waals surface area contributed by atoms with Crippen LogP contribution in [0.25, 0.3) is 0 Å². The summed E-state index contributed by atoms with van der Waals surface area (Å²) in [6.07, 6.45) is -5.40. The van der Waals surface area contributed by atoms with Crippen molar-refractivity contribution in [1.29, 1.82) is 0 Å². The third kappa shape index (κ3) is 2.01. The quantitative estimate of drug-likeness (QED) is 0.445. The molecular formula is C5H9F5P+. The Hall–Kier alpha value is 0.0800. The average molecular weight is 195 g/mol. The van der Waals surface area contributed by atoms with Crippen molar-refractivity contribution in [3.05, 3.63) is 0 Å². The molecule has 0 heterocycles. The molecule has 0 rings (SSSR count). The molecule has 0 atom stereocenters. The van der Waals surface area contributed by atoms with Gasteiger partial charge < -0.3 is 0 Å². The maximum absolute atomic E-state index is 12.4. The summed E-state index contributed by atoms with van der Waals surface area (Å²) in [5.41, 5.74) is -4.51. The van der Waals surface area contributed by atoms with Crippen LogP contribution < -0.4 is 0 Å². The van der Waals surface area contributed by atoms with Crippen LogP contribution in [-0.2, 0) is 0 Å². The van der Waals surface area contributed by atoms with E-state index in [0.29, 0.717) is 0 Å². The molecule has 68 valence electrons. The number of hydrogen-bond donors (Lipinski definition) is 0. The fourth-order valence-electron chi connectivity index (χ4n) is 0.380. The van der Waals surface area contributed by atoms with Gasteiger partial charge in [-0.05, 0) is 0 Å². The van der Waals surface area contributed by atoms with E-state index in [2.05, 4.69) is 0 Å². The largest absolute Gasteiger partial charge is 0.493 e. The Morgan fingerprint density at radius 1 is 0.818 bits per heavy atom. The van der Waals surface area contributed by atoms with Gasteiger partial charge in [0.1, 0.15) is 0 Å². The molecule has 0 saturated heterocycles. The summed E-state index contributed by atoms with van der Waals surface area (Å²) in [6.45, 7) is 2.88. The van der Waals surface area contributed by atoms with Crippen LogP contribution >= 0.6 is 7.26 Å². The van der Waals surface area contributed by atoms with Gasteiger partial charge in [-0.3, -0.25) is 0 Å². The van der Waals surface area contributed by atoms with Crippen LogP contribution in [0.5, 0.6) is 0 Å². The monoisotopic (exact) mass is 195 g/mol. The minimum absolute atomic E-state index is 0.959. The zero-order valence-electron chi connectivity index (χ0n) is 6.34. The maximum Gasteiger partial charge on any atom is 0.493 e. The molecule has 0 aliphatic rings. The van der Waals surface area contributed by atoms with Gasteiger partial charge in [-0.25, -0.2) is 0 Å². The molecule has 0 N–H and O–H groups in total. The van der Waals surface area contributed by atoms with E-state index in [9.17, 15) is 22.0 Å². The average Bonchev–Trinajstić information content (AvgIpc) is 1.58. The first-order valence-corrected chi connectivity index (χ1v) is 5.89. The Morgan fingerprint density at radius 2 is 1.09 bits per heavy atom. The maximum atomic E-state index is 12.4. The predicted molar refractivity (Wildman–Crippen MR) is 35.7 cm³/mol. The molecule has 0 radical (unpaired) electrons. The van der Waals surface area contributed by atoms with E-state index in [0.717, 1.165) is 20.0 Å². The Kier molecular flexibility index (Phi) is 2.56. The third-order valence-electron chi connectivity index (χ3n) is 1.18. The van der Waals surface area contributed by atoms with Crippen molar-refractivity contribution in [2.45, 2.75) is 11.8 Å². The van der Waals surface area contributed by atoms with Crippen LogP contribution in [0.1, 0.15) is 0 Å². The van der Waals surface area contributed by atoms with Gasteiger partial charge >= 0.3 is 11.8 Å². The molecule has 0 fully saturated rings. The van der Waals surface area contributed by atoms with Crippen LogP contribution in [0.3, 0.4) is 0 Å². The SMILES string of the molecule is C[P+](C)(C)C(F)(F)C(F)(F)F. The third-order valence-corrected chi connectivity index (χ3v) is 3.12. The highest BCUT2D eigenvalue weighted by molar-refractivity contribution is 7.74. The van der Waals surface area contributed by atoms with Crippen LogP contribution in [0.15, 0.2) is 0 Å². The van der Waals surface area contributed by atoms with Crippen LogP contribution in [0.2, 0.25) is 0 Å². The van der Waals surface area contributed by atoms with Gasteiger partial charge in [-0.1, -0.05) is 0 Å². The zero-order valence-corrected chi connectivity index (χ0v) is 7.23. The van der Waals surface area contributed by atoms with E-state index in [1.54, 1.807) is 0 Å². The van der Waals surface area contributed by atoms with Crippen molar-refractivity contribution in [1.82, 2.24) is 0 Å². The summed E-state index contributed by atoms with van der Waals surface area (Å²) in [7, 11) is -3.20. The lowest BCUT2D eigenvalue weighted by atomic mass is 10.7. The van der Waals surface area contributed by atoms with Crippen molar-refractivity contribution >= 4 is 7.26 Å². The number of alkyl halides is 5. The van der Waals surface area contributed by atoms with Gasteiger partial charge in [0.05, 0.1) is 27.3 Å². The summed E-state index contributed by atoms with van der Waals surface area (Å²) in [4.78, 5) is 0. The molecule has 0 aliphatic carbocycles. The lowest BCUT2D eigenvalue weighted by molar-refractivity contribution is -0.241. The molecule has 0 unspecified atom stereocenters. The first-order valence-electron chi connectivity index (χ1n) is 2.76. The number of hydrogen-bond acceptors (Lipinski definition) is 0. The molecule has 0 aromatic rings. The molecule has 0 aromatic carbocycles. The van der Waals surface area contributed by atoms with E-state index in [1.807, 2.05) is 0 Å². The number of rotatable bonds is 1. The molecule has 0 aliphatic heterocycles. The Balaban J connectivity index is 4.75. The van der Waals surface area contributed by atoms with Crippen molar-refractivity contribution in [2.75, 3.05) is 20.0 Å². The summed E-state index contributed by atoms with van der Waals surface area (Å²) in [5, 5.41) is 0. The summed E-state index contributed by atoms with van der Waals surface area (Å²) in [5.74, 6) is 0. The first-order chi connectivity index (χ1) is 4.50. The van der Waals surface area contributed by atoms with Crippen molar-refractivity contribution in [3.8, 4) is 0 Å². The first kappa shape index (κ1) is 11.1. The normalized spacial score (nSPS) is 15.3. The Bertz CT molecular complexity index is 126. The topological polar surface area (TPSA) is 0 Å². The fraction of sp³-hybridized carbons (Fsp3) is 1.00. The Labute approximate surface area is 62.1 Å². The molecule has 0 nitrogen and oxygen atoms in total. The van der Waals surface area contributed by atoms with Crippen molar-refractivity contribution < 1.29 is 22.0 Å². The lowest BCUT2D eigenvalue weighted by Gasteiger charge is -2.25. The second-order valence-corrected chi connectivity index (χ2v) is 7.64. The minimum atomic E-state index is -5.40. The van der Waals surface area contributed by atoms with Crippen LogP contribution in [0.4, 0.5) is 22.0 Å². The summed E-state index contributed by atoms with van der Waals surface area (Å²) in [6, 6.07) is 0. The lowest BCUT2D eigenvalue weighted by Crippen LogP contribution is -2.37. The zero-order chi connectivity index (χ0) is 9.50. The molecule has 6 heteroatoms. The van der Waals surface area contributed by atoms with E-state index < -0.39 is 19.1 Å². The summed E-state index contributed by atoms with van der Waals surface area (Å²) >= 11 is 0. The molecule has 0 spiro atoms. The van der Waals surface area contributed by atoms with Gasteiger partial charge in [-0.2, -0.15) is 22.0 Å². The van der Waals surface area contributed by atoms with E-state index in [-0.39, 0.29) is 0 Å². The highest BCUT2D eigenvalue weighted by Gasteiger charge is 2.70. The highest BCUT2D eigenvalue weighted by Crippen LogP contribution is 2.67. The van der Waals surface area contributed by atoms with Gasteiger partial charge in [-0.15, -0.1) is 0 Å². The van der Waals surface area contributed by atoms with Crippen LogP contribution in [-0.4, -0.2) is 31.8 Å². The van der Waals surface area contributed by atoms with E-state index in [1.165, 1.54) is 0 Å². The van der Waals surface area contributed by atoms with E-state index in [4.69, 9.17) is 0 Å². The van der Waals surface area contributed by atoms with Gasteiger partial charge in [0.25, 0.3) is 0 Å². The molecular weight excluding hydrogens is 186 g/mol. The standard InChI is InChI=1S/C5H9F5P/c1-11(2,3)5(9,10)4(6,7)8/h1-3H3/q+1. The highest BCUT2D eigenvalue weighted by atomic mass is 31.2. The smallest absolute Gasteiger partial charge is 0.162 e. The summed E-state index contributed by atoms with van der Waals surface area (Å²) < 4.78 is 59.5. The minimum Gasteiger partial charge on any atom is -0.162 e. The molecule has 11 heavy (non-hydrogen) atoms. The predicted octanol–water partition coefficient (Wildman–Crippen LogP) is 3.05.